The smallest absolute Gasteiger partial charge is 0.338 e. The quantitative estimate of drug-likeness (QED) is 0.348. The summed E-state index contributed by atoms with van der Waals surface area (Å²) in [5, 5.41) is 0. The number of hydrogen-bond donors (Lipinski definition) is 0. The van der Waals surface area contributed by atoms with Crippen molar-refractivity contribution in [3.05, 3.63) is 30.1 Å². The highest BCUT2D eigenvalue weighted by Gasteiger charge is 2.06. The molecule has 0 N–H and O–H groups in total. The Balaban J connectivity index is 0.00000144. The van der Waals surface area contributed by atoms with Crippen LogP contribution in [0.5, 0.6) is 0 Å². The number of carbonyl (C=O) groups excluding carboxylic acids is 1. The van der Waals surface area contributed by atoms with Gasteiger partial charge in [-0.3, -0.25) is 0 Å². The van der Waals surface area contributed by atoms with E-state index in [2.05, 4.69) is 0 Å². The highest BCUT2D eigenvalue weighted by atomic mass is 127. The summed E-state index contributed by atoms with van der Waals surface area (Å²) in [5.41, 5.74) is 0.593. The van der Waals surface area contributed by atoms with Crippen LogP contribution in [0.4, 0.5) is 0 Å². The summed E-state index contributed by atoms with van der Waals surface area (Å²) < 4.78 is 6.68. The van der Waals surface area contributed by atoms with Crippen LogP contribution in [-0.4, -0.2) is 12.6 Å². The number of pyridine rings is 1. The molecule has 0 fully saturated rings. The SMILES string of the molecule is CCOC(=O)c1cc[n+](C)cc1.[I-]. The maximum absolute atomic E-state index is 11.1. The lowest BCUT2D eigenvalue weighted by Gasteiger charge is -1.98. The van der Waals surface area contributed by atoms with Crippen LogP contribution in [0.3, 0.4) is 0 Å². The molecule has 0 aliphatic carbocycles. The van der Waals surface area contributed by atoms with Crippen molar-refractivity contribution >= 4 is 5.97 Å². The molecule has 0 aromatic carbocycles. The van der Waals surface area contributed by atoms with Crippen molar-refractivity contribution in [2.75, 3.05) is 6.61 Å². The minimum atomic E-state index is -0.266. The Morgan fingerprint density at radius 1 is 1.46 bits per heavy atom. The summed E-state index contributed by atoms with van der Waals surface area (Å²) in [6.07, 6.45) is 3.62. The minimum absolute atomic E-state index is 0. The highest BCUT2D eigenvalue weighted by molar-refractivity contribution is 5.88. The molecule has 4 heteroatoms. The van der Waals surface area contributed by atoms with Gasteiger partial charge in [0.2, 0.25) is 0 Å². The zero-order valence-electron chi connectivity index (χ0n) is 7.66. The molecule has 3 nitrogen and oxygen atoms in total. The summed E-state index contributed by atoms with van der Waals surface area (Å²) in [5.74, 6) is -0.266. The molecule has 0 atom stereocenters. The van der Waals surface area contributed by atoms with E-state index in [-0.39, 0.29) is 29.9 Å². The van der Waals surface area contributed by atoms with Crippen LogP contribution in [0.15, 0.2) is 24.5 Å². The van der Waals surface area contributed by atoms with Crippen LogP contribution in [0, 0.1) is 0 Å². The highest BCUT2D eigenvalue weighted by Crippen LogP contribution is 1.97. The topological polar surface area (TPSA) is 30.2 Å². The summed E-state index contributed by atoms with van der Waals surface area (Å²) in [6, 6.07) is 3.47. The van der Waals surface area contributed by atoms with E-state index in [0.717, 1.165) is 0 Å². The first kappa shape index (κ1) is 12.3. The fraction of sp³-hybridized carbons (Fsp3) is 0.333. The number of halogens is 1. The predicted octanol–water partition coefficient (Wildman–Crippen LogP) is -2.31. The molecule has 0 saturated carbocycles. The molecular weight excluding hydrogens is 281 g/mol. The van der Waals surface area contributed by atoms with Crippen molar-refractivity contribution in [3.8, 4) is 0 Å². The molecular formula is C9H12INO2. The zero-order valence-corrected chi connectivity index (χ0v) is 9.82. The molecule has 0 amide bonds. The molecule has 1 aromatic heterocycles. The van der Waals surface area contributed by atoms with Crippen LogP contribution in [0.1, 0.15) is 17.3 Å². The van der Waals surface area contributed by atoms with Crippen LogP contribution >= 0.6 is 0 Å². The Morgan fingerprint density at radius 3 is 2.46 bits per heavy atom. The van der Waals surface area contributed by atoms with Gasteiger partial charge in [0.1, 0.15) is 7.05 Å². The van der Waals surface area contributed by atoms with Gasteiger partial charge in [-0.2, -0.15) is 0 Å². The number of aryl methyl sites for hydroxylation is 1. The first-order valence-corrected chi connectivity index (χ1v) is 3.86. The van der Waals surface area contributed by atoms with E-state index in [0.29, 0.717) is 12.2 Å². The monoisotopic (exact) mass is 293 g/mol. The summed E-state index contributed by atoms with van der Waals surface area (Å²) in [7, 11) is 1.90. The third-order valence-electron chi connectivity index (χ3n) is 1.49. The summed E-state index contributed by atoms with van der Waals surface area (Å²) in [6.45, 7) is 2.21. The van der Waals surface area contributed by atoms with Gasteiger partial charge < -0.3 is 28.7 Å². The van der Waals surface area contributed by atoms with Gasteiger partial charge in [-0.25, -0.2) is 9.36 Å². The number of carbonyl (C=O) groups is 1. The maximum Gasteiger partial charge on any atom is 0.338 e. The summed E-state index contributed by atoms with van der Waals surface area (Å²) in [4.78, 5) is 11.1. The van der Waals surface area contributed by atoms with E-state index in [1.807, 2.05) is 24.0 Å². The van der Waals surface area contributed by atoms with Crippen molar-refractivity contribution in [2.45, 2.75) is 6.92 Å². The number of hydrogen-bond acceptors (Lipinski definition) is 2. The first-order chi connectivity index (χ1) is 5.74. The molecule has 1 heterocycles. The summed E-state index contributed by atoms with van der Waals surface area (Å²) >= 11 is 0. The Kier molecular flexibility index (Phi) is 5.61. The molecule has 72 valence electrons. The Bertz CT molecular complexity index is 271. The maximum atomic E-state index is 11.1. The van der Waals surface area contributed by atoms with Crippen molar-refractivity contribution in [2.24, 2.45) is 7.05 Å². The normalized spacial score (nSPS) is 8.77. The van der Waals surface area contributed by atoms with E-state index in [1.54, 1.807) is 19.1 Å². The first-order valence-electron chi connectivity index (χ1n) is 3.86. The van der Waals surface area contributed by atoms with Gasteiger partial charge in [-0.05, 0) is 6.92 Å². The molecule has 0 aliphatic rings. The van der Waals surface area contributed by atoms with Gasteiger partial charge >= 0.3 is 5.97 Å². The minimum Gasteiger partial charge on any atom is -1.00 e. The number of rotatable bonds is 2. The lowest BCUT2D eigenvalue weighted by atomic mass is 10.3. The number of nitrogens with zero attached hydrogens (tertiary/aromatic N) is 1. The molecule has 13 heavy (non-hydrogen) atoms. The van der Waals surface area contributed by atoms with E-state index < -0.39 is 0 Å². The Labute approximate surface area is 94.7 Å². The van der Waals surface area contributed by atoms with Crippen molar-refractivity contribution in [1.82, 2.24) is 0 Å². The number of ether oxygens (including phenoxy) is 1. The molecule has 0 bridgehead atoms. The fourth-order valence-corrected chi connectivity index (χ4v) is 0.851. The lowest BCUT2D eigenvalue weighted by Crippen LogP contribution is -3.00. The van der Waals surface area contributed by atoms with Gasteiger partial charge in [0.15, 0.2) is 12.4 Å². The van der Waals surface area contributed by atoms with Crippen molar-refractivity contribution in [1.29, 1.82) is 0 Å². The van der Waals surface area contributed by atoms with Gasteiger partial charge in [0, 0.05) is 12.1 Å². The number of aromatic nitrogens is 1. The van der Waals surface area contributed by atoms with Crippen LogP contribution < -0.4 is 28.5 Å². The van der Waals surface area contributed by atoms with Gasteiger partial charge in [-0.1, -0.05) is 0 Å². The lowest BCUT2D eigenvalue weighted by molar-refractivity contribution is -0.671. The third kappa shape index (κ3) is 3.71. The molecule has 0 spiro atoms. The predicted molar refractivity (Wildman–Crippen MR) is 43.6 cm³/mol. The second-order valence-electron chi connectivity index (χ2n) is 2.47. The Hall–Kier alpha value is -0.650. The van der Waals surface area contributed by atoms with Crippen LogP contribution in [-0.2, 0) is 11.8 Å². The molecule has 0 aliphatic heterocycles. The second-order valence-corrected chi connectivity index (χ2v) is 2.47. The van der Waals surface area contributed by atoms with Gasteiger partial charge in [0.05, 0.1) is 12.2 Å². The van der Waals surface area contributed by atoms with E-state index in [4.69, 9.17) is 4.74 Å². The van der Waals surface area contributed by atoms with Crippen LogP contribution in [0.25, 0.3) is 0 Å². The zero-order chi connectivity index (χ0) is 8.97. The standard InChI is InChI=1S/C9H12NO2.HI/c1-3-12-9(11)8-4-6-10(2)7-5-8;/h4-7H,3H2,1-2H3;1H/q+1;/p-1. The average Bonchev–Trinajstić information content (AvgIpc) is 2.06. The van der Waals surface area contributed by atoms with E-state index in [9.17, 15) is 4.79 Å². The molecule has 0 radical (unpaired) electrons. The fourth-order valence-electron chi connectivity index (χ4n) is 0.851. The molecule has 1 aromatic rings. The van der Waals surface area contributed by atoms with E-state index >= 15 is 0 Å². The second kappa shape index (κ2) is 5.90. The average molecular weight is 293 g/mol. The number of esters is 1. The largest absolute Gasteiger partial charge is 1.00 e. The van der Waals surface area contributed by atoms with Gasteiger partial charge in [-0.15, -0.1) is 0 Å². The molecule has 0 saturated heterocycles. The van der Waals surface area contributed by atoms with Crippen LogP contribution in [0.2, 0.25) is 0 Å². The van der Waals surface area contributed by atoms with Crippen molar-refractivity contribution in [3.63, 3.8) is 0 Å². The van der Waals surface area contributed by atoms with E-state index in [1.165, 1.54) is 0 Å². The van der Waals surface area contributed by atoms with Crippen molar-refractivity contribution < 1.29 is 38.1 Å². The molecule has 1 rings (SSSR count). The Morgan fingerprint density at radius 2 is 2.00 bits per heavy atom. The molecule has 0 unspecified atom stereocenters. The van der Waals surface area contributed by atoms with Gasteiger partial charge in [0.25, 0.3) is 0 Å². The third-order valence-corrected chi connectivity index (χ3v) is 1.49.